The molecule has 4 heterocycles. The van der Waals surface area contributed by atoms with Crippen molar-refractivity contribution in [1.29, 1.82) is 0 Å². The van der Waals surface area contributed by atoms with E-state index in [4.69, 9.17) is 8.83 Å². The molecule has 0 unspecified atom stereocenters. The highest BCUT2D eigenvalue weighted by Crippen LogP contribution is 2.41. The molecule has 9 aromatic carbocycles. The fourth-order valence-electron chi connectivity index (χ4n) is 9.50. The summed E-state index contributed by atoms with van der Waals surface area (Å²) in [6, 6.07) is 65.8. The average molecular weight is 754 g/mol. The monoisotopic (exact) mass is 753 g/mol. The second-order valence-electron chi connectivity index (χ2n) is 15.6. The first-order valence-electron chi connectivity index (χ1n) is 19.9. The minimum absolute atomic E-state index is 0.000682. The van der Waals surface area contributed by atoms with Gasteiger partial charge in [0.1, 0.15) is 22.3 Å². The van der Waals surface area contributed by atoms with Crippen molar-refractivity contribution in [3.63, 3.8) is 0 Å². The Labute approximate surface area is 336 Å². The number of hydrogen-bond acceptors (Lipinski definition) is 3. The van der Waals surface area contributed by atoms with Crippen molar-refractivity contribution in [1.82, 2.24) is 4.40 Å². The van der Waals surface area contributed by atoms with E-state index in [0.717, 1.165) is 121 Å². The summed E-state index contributed by atoms with van der Waals surface area (Å²) in [5, 5.41) is 9.30. The van der Waals surface area contributed by atoms with Gasteiger partial charge in [0.25, 0.3) is 5.56 Å². The fraction of sp³-hybridized carbons (Fsp3) is 0. The molecule has 0 bridgehead atoms. The molecule has 0 spiro atoms. The van der Waals surface area contributed by atoms with Crippen LogP contribution in [-0.2, 0) is 0 Å². The third kappa shape index (κ3) is 4.75. The van der Waals surface area contributed by atoms with Gasteiger partial charge in [-0.05, 0) is 129 Å². The maximum atomic E-state index is 14.3. The van der Waals surface area contributed by atoms with Crippen LogP contribution in [0.5, 0.6) is 0 Å². The normalized spacial score (nSPS) is 12.1. The average Bonchev–Trinajstić information content (AvgIpc) is 3.97. The number of hydrogen-bond donors (Lipinski definition) is 0. The molecule has 4 aromatic heterocycles. The summed E-state index contributed by atoms with van der Waals surface area (Å²) in [5.74, 6) is 0. The van der Waals surface area contributed by atoms with Gasteiger partial charge in [-0.3, -0.25) is 9.20 Å². The second-order valence-corrected chi connectivity index (χ2v) is 15.6. The second kappa shape index (κ2) is 12.0. The Hall–Kier alpha value is -7.95. The molecule has 4 heteroatoms. The minimum atomic E-state index is 0.000682. The van der Waals surface area contributed by atoms with Crippen LogP contribution in [0, 0.1) is 0 Å². The topological polar surface area (TPSA) is 47.8 Å². The summed E-state index contributed by atoms with van der Waals surface area (Å²) in [4.78, 5) is 14.3. The van der Waals surface area contributed by atoms with Gasteiger partial charge in [0, 0.05) is 43.1 Å². The smallest absolute Gasteiger partial charge is 0.263 e. The minimum Gasteiger partial charge on any atom is -0.456 e. The zero-order chi connectivity index (χ0) is 38.8. The van der Waals surface area contributed by atoms with Crippen LogP contribution in [0.2, 0.25) is 0 Å². The third-order valence-electron chi connectivity index (χ3n) is 12.3. The van der Waals surface area contributed by atoms with Crippen molar-refractivity contribution in [3.8, 4) is 44.5 Å². The van der Waals surface area contributed by atoms with Crippen LogP contribution in [0.1, 0.15) is 0 Å². The molecular formula is C55H31NO3. The largest absolute Gasteiger partial charge is 0.456 e. The molecule has 13 rings (SSSR count). The van der Waals surface area contributed by atoms with Crippen molar-refractivity contribution in [2.45, 2.75) is 0 Å². The Bertz CT molecular complexity index is 3940. The summed E-state index contributed by atoms with van der Waals surface area (Å²) in [6.45, 7) is 0. The van der Waals surface area contributed by atoms with E-state index >= 15 is 0 Å². The lowest BCUT2D eigenvalue weighted by Gasteiger charge is -2.11. The predicted octanol–water partition coefficient (Wildman–Crippen LogP) is 14.7. The highest BCUT2D eigenvalue weighted by molar-refractivity contribution is 6.22. The molecule has 0 saturated heterocycles. The number of pyridine rings is 1. The molecule has 274 valence electrons. The summed E-state index contributed by atoms with van der Waals surface area (Å²) in [6.07, 6.45) is 0. The van der Waals surface area contributed by atoms with Crippen LogP contribution in [0.3, 0.4) is 0 Å². The molecule has 59 heavy (non-hydrogen) atoms. The van der Waals surface area contributed by atoms with Gasteiger partial charge in [0.2, 0.25) is 0 Å². The zero-order valence-corrected chi connectivity index (χ0v) is 31.6. The molecule has 4 nitrogen and oxygen atoms in total. The molecule has 13 aromatic rings. The first kappa shape index (κ1) is 32.2. The van der Waals surface area contributed by atoms with Gasteiger partial charge in [-0.15, -0.1) is 0 Å². The van der Waals surface area contributed by atoms with E-state index < -0.39 is 0 Å². The number of fused-ring (bicyclic) bond motifs is 11. The van der Waals surface area contributed by atoms with Crippen LogP contribution in [0.25, 0.3) is 126 Å². The quantitative estimate of drug-likeness (QED) is 0.168. The van der Waals surface area contributed by atoms with Crippen LogP contribution in [0.4, 0.5) is 0 Å². The SMILES string of the molecule is O=c1c2ccccc2c2cc(-c3cccc(-c4ccc5oc6ccccc6c5c4)c3)cc3c4cc(-c5cccc(-c6ccc7c(c6)oc6ccccc67)c5)ccc4n1c23. The molecule has 0 aliphatic rings. The molecule has 0 atom stereocenters. The van der Waals surface area contributed by atoms with Gasteiger partial charge >= 0.3 is 0 Å². The van der Waals surface area contributed by atoms with E-state index in [0.29, 0.717) is 5.39 Å². The highest BCUT2D eigenvalue weighted by atomic mass is 16.3. The summed E-state index contributed by atoms with van der Waals surface area (Å²) in [7, 11) is 0. The Morgan fingerprint density at radius 2 is 0.746 bits per heavy atom. The first-order chi connectivity index (χ1) is 29.1. The molecule has 0 aliphatic heterocycles. The lowest BCUT2D eigenvalue weighted by Crippen LogP contribution is -2.12. The first-order valence-corrected chi connectivity index (χ1v) is 19.9. The van der Waals surface area contributed by atoms with E-state index in [1.807, 2.05) is 52.9 Å². The Morgan fingerprint density at radius 1 is 0.288 bits per heavy atom. The highest BCUT2D eigenvalue weighted by Gasteiger charge is 2.20. The molecule has 0 N–H and O–H groups in total. The third-order valence-corrected chi connectivity index (χ3v) is 12.3. The fourth-order valence-corrected chi connectivity index (χ4v) is 9.50. The lowest BCUT2D eigenvalue weighted by molar-refractivity contribution is 0.668. The van der Waals surface area contributed by atoms with Crippen LogP contribution >= 0.6 is 0 Å². The molecule has 0 saturated carbocycles. The van der Waals surface area contributed by atoms with Crippen molar-refractivity contribution in [3.05, 3.63) is 198 Å². The van der Waals surface area contributed by atoms with E-state index in [1.54, 1.807) is 0 Å². The van der Waals surface area contributed by atoms with Crippen LogP contribution in [-0.4, -0.2) is 4.40 Å². The molecule has 0 fully saturated rings. The van der Waals surface area contributed by atoms with Crippen molar-refractivity contribution in [2.24, 2.45) is 0 Å². The number of nitrogens with zero attached hydrogens (tertiary/aromatic N) is 1. The number of para-hydroxylation sites is 2. The maximum Gasteiger partial charge on any atom is 0.263 e. The predicted molar refractivity (Wildman–Crippen MR) is 244 cm³/mol. The van der Waals surface area contributed by atoms with Gasteiger partial charge in [0.05, 0.1) is 11.0 Å². The molecule has 0 aliphatic carbocycles. The Kier molecular flexibility index (Phi) is 6.56. The van der Waals surface area contributed by atoms with Gasteiger partial charge in [-0.25, -0.2) is 0 Å². The van der Waals surface area contributed by atoms with E-state index in [2.05, 4.69) is 140 Å². The van der Waals surface area contributed by atoms with E-state index in [1.165, 1.54) is 0 Å². The van der Waals surface area contributed by atoms with E-state index in [-0.39, 0.29) is 5.56 Å². The number of aromatic nitrogens is 1. The standard InChI is InChI=1S/C55H31NO3/c57-55-44-16-2-1-13-40(44)47-29-39(35-12-8-10-33(26-35)37-21-24-52-46(28-37)42-15-4-6-18-51(42)58-52)30-48-45-27-36(20-23-49(45)56(55)54(47)48)32-9-7-11-34(25-32)38-19-22-43-41-14-3-5-17-50(41)59-53(43)31-38/h1-31H. The summed E-state index contributed by atoms with van der Waals surface area (Å²) < 4.78 is 14.3. The van der Waals surface area contributed by atoms with Gasteiger partial charge in [-0.2, -0.15) is 0 Å². The summed E-state index contributed by atoms with van der Waals surface area (Å²) in [5.41, 5.74) is 14.3. The number of furan rings is 2. The van der Waals surface area contributed by atoms with Crippen molar-refractivity contribution in [2.75, 3.05) is 0 Å². The lowest BCUT2D eigenvalue weighted by atomic mass is 9.94. The van der Waals surface area contributed by atoms with Crippen LogP contribution < -0.4 is 5.56 Å². The Morgan fingerprint density at radius 3 is 1.46 bits per heavy atom. The van der Waals surface area contributed by atoms with Gasteiger partial charge < -0.3 is 8.83 Å². The van der Waals surface area contributed by atoms with Crippen molar-refractivity contribution >= 4 is 81.8 Å². The maximum absolute atomic E-state index is 14.3. The number of rotatable bonds is 4. The number of benzene rings is 9. The molecule has 0 radical (unpaired) electrons. The van der Waals surface area contributed by atoms with Gasteiger partial charge in [0.15, 0.2) is 0 Å². The zero-order valence-electron chi connectivity index (χ0n) is 31.6. The van der Waals surface area contributed by atoms with Gasteiger partial charge in [-0.1, -0.05) is 109 Å². The summed E-state index contributed by atoms with van der Waals surface area (Å²) >= 11 is 0. The van der Waals surface area contributed by atoms with E-state index in [9.17, 15) is 4.79 Å². The van der Waals surface area contributed by atoms with Crippen LogP contribution in [0.15, 0.2) is 202 Å². The molecular weight excluding hydrogens is 723 g/mol. The molecule has 0 amide bonds. The Balaban J connectivity index is 0.983. The van der Waals surface area contributed by atoms with Crippen molar-refractivity contribution < 1.29 is 8.83 Å².